The van der Waals surface area contributed by atoms with Crippen LogP contribution in [0.5, 0.6) is 0 Å². The summed E-state index contributed by atoms with van der Waals surface area (Å²) in [6.07, 6.45) is -5.04. The van der Waals surface area contributed by atoms with Gasteiger partial charge < -0.3 is 14.5 Å². The van der Waals surface area contributed by atoms with Crippen LogP contribution >= 0.6 is 0 Å². The average Bonchev–Trinajstić information content (AvgIpc) is 3.14. The van der Waals surface area contributed by atoms with E-state index in [1.54, 1.807) is 0 Å². The molecule has 0 fully saturated rings. The highest BCUT2D eigenvalue weighted by atomic mass is 19.4. The fourth-order valence-electron chi connectivity index (χ4n) is 2.80. The zero-order valence-corrected chi connectivity index (χ0v) is 16.6. The molecule has 0 atom stereocenters. The van der Waals surface area contributed by atoms with E-state index in [2.05, 4.69) is 5.16 Å². The molecule has 0 radical (unpaired) electrons. The van der Waals surface area contributed by atoms with Crippen molar-refractivity contribution in [3.8, 4) is 11.1 Å². The van der Waals surface area contributed by atoms with Crippen molar-refractivity contribution >= 4 is 28.2 Å². The summed E-state index contributed by atoms with van der Waals surface area (Å²) in [6.45, 7) is 1.50. The first-order valence-corrected chi connectivity index (χ1v) is 8.72. The average molecular weight is 488 g/mol. The van der Waals surface area contributed by atoms with Crippen LogP contribution in [0.2, 0.25) is 0 Å². The number of alkyl halides is 3. The Labute approximate surface area is 184 Å². The number of halogens is 3. The van der Waals surface area contributed by atoms with E-state index < -0.39 is 60.9 Å². The Kier molecular flexibility index (Phi) is 7.30. The molecule has 0 bridgehead atoms. The maximum atomic E-state index is 13.5. The van der Waals surface area contributed by atoms with E-state index in [1.807, 2.05) is 0 Å². The van der Waals surface area contributed by atoms with Gasteiger partial charge in [-0.05, 0) is 19.1 Å². The standard InChI is InChI=1S/C17H10F3N3O7.HNO3/c1-2-29-16(24)15-11-7-14(23(27)28)10(6-13(11)21-30-15)9-4-3-8(22(25)26)5-12(9)17(18,19)20;2-1(3)4/h3-7H,2H2,1H3;(H,2,3,4). The van der Waals surface area contributed by atoms with Crippen molar-refractivity contribution in [3.63, 3.8) is 0 Å². The molecule has 0 unspecified atom stereocenters. The summed E-state index contributed by atoms with van der Waals surface area (Å²) >= 11 is 0. The molecule has 1 aromatic heterocycles. The highest BCUT2D eigenvalue weighted by Gasteiger charge is 2.37. The number of non-ortho nitro benzene ring substituents is 1. The zero-order valence-electron chi connectivity index (χ0n) is 16.6. The molecule has 1 heterocycles. The summed E-state index contributed by atoms with van der Waals surface area (Å²) < 4.78 is 50.2. The lowest BCUT2D eigenvalue weighted by Crippen LogP contribution is -2.09. The summed E-state index contributed by atoms with van der Waals surface area (Å²) in [4.78, 5) is 40.7. The van der Waals surface area contributed by atoms with Gasteiger partial charge in [0.2, 0.25) is 0 Å². The van der Waals surface area contributed by atoms with E-state index in [0.29, 0.717) is 0 Å². The smallest absolute Gasteiger partial charge is 0.417 e. The molecule has 14 nitrogen and oxygen atoms in total. The quantitative estimate of drug-likeness (QED) is 0.307. The second kappa shape index (κ2) is 9.76. The van der Waals surface area contributed by atoms with Gasteiger partial charge in [0.25, 0.3) is 22.2 Å². The molecule has 0 aliphatic heterocycles. The van der Waals surface area contributed by atoms with Gasteiger partial charge >= 0.3 is 12.1 Å². The van der Waals surface area contributed by atoms with Crippen molar-refractivity contribution in [2.45, 2.75) is 13.1 Å². The van der Waals surface area contributed by atoms with Crippen LogP contribution in [-0.2, 0) is 10.9 Å². The van der Waals surface area contributed by atoms with Crippen molar-refractivity contribution < 1.29 is 47.4 Å². The van der Waals surface area contributed by atoms with Gasteiger partial charge in [0, 0.05) is 23.8 Å². The normalized spacial score (nSPS) is 10.8. The number of fused-ring (bicyclic) bond motifs is 1. The van der Waals surface area contributed by atoms with Crippen LogP contribution in [0.3, 0.4) is 0 Å². The number of nitro benzene ring substituents is 2. The summed E-state index contributed by atoms with van der Waals surface area (Å²) in [5.41, 5.74) is -4.35. The number of ether oxygens (including phenoxy) is 1. The maximum Gasteiger partial charge on any atom is 0.417 e. The fourth-order valence-corrected chi connectivity index (χ4v) is 2.80. The van der Waals surface area contributed by atoms with Gasteiger partial charge in [-0.15, -0.1) is 10.1 Å². The van der Waals surface area contributed by atoms with E-state index >= 15 is 0 Å². The third kappa shape index (κ3) is 5.50. The van der Waals surface area contributed by atoms with Crippen molar-refractivity contribution in [2.75, 3.05) is 6.61 Å². The lowest BCUT2D eigenvalue weighted by atomic mass is 9.96. The predicted molar refractivity (Wildman–Crippen MR) is 102 cm³/mol. The Morgan fingerprint density at radius 3 is 2.21 bits per heavy atom. The first-order chi connectivity index (χ1) is 15.8. The molecule has 2 aromatic carbocycles. The molecule has 0 saturated heterocycles. The Balaban J connectivity index is 0.000000945. The molecular weight excluding hydrogens is 477 g/mol. The van der Waals surface area contributed by atoms with Crippen LogP contribution in [0, 0.1) is 30.3 Å². The van der Waals surface area contributed by atoms with Gasteiger partial charge in [-0.25, -0.2) is 4.79 Å². The van der Waals surface area contributed by atoms with Crippen molar-refractivity contribution in [1.82, 2.24) is 5.16 Å². The Morgan fingerprint density at radius 2 is 1.71 bits per heavy atom. The number of hydrogen-bond acceptors (Lipinski definition) is 10. The van der Waals surface area contributed by atoms with Crippen molar-refractivity contribution in [2.24, 2.45) is 0 Å². The van der Waals surface area contributed by atoms with Crippen molar-refractivity contribution in [3.05, 3.63) is 72.0 Å². The first-order valence-electron chi connectivity index (χ1n) is 8.72. The number of nitro groups is 2. The monoisotopic (exact) mass is 488 g/mol. The lowest BCUT2D eigenvalue weighted by Gasteiger charge is -2.13. The van der Waals surface area contributed by atoms with Crippen LogP contribution in [0.25, 0.3) is 22.0 Å². The molecule has 180 valence electrons. The van der Waals surface area contributed by atoms with E-state index in [1.165, 1.54) is 6.92 Å². The van der Waals surface area contributed by atoms with Crippen LogP contribution in [0.4, 0.5) is 24.5 Å². The highest BCUT2D eigenvalue weighted by Crippen LogP contribution is 2.43. The molecule has 34 heavy (non-hydrogen) atoms. The molecule has 0 saturated carbocycles. The van der Waals surface area contributed by atoms with Crippen LogP contribution in [-0.4, -0.2) is 37.9 Å². The lowest BCUT2D eigenvalue weighted by molar-refractivity contribution is -0.742. The van der Waals surface area contributed by atoms with Crippen molar-refractivity contribution in [1.29, 1.82) is 0 Å². The Bertz CT molecular complexity index is 1280. The second-order valence-electron chi connectivity index (χ2n) is 6.10. The largest absolute Gasteiger partial charge is 0.460 e. The highest BCUT2D eigenvalue weighted by molar-refractivity contribution is 6.03. The molecule has 1 N–H and O–H groups in total. The second-order valence-corrected chi connectivity index (χ2v) is 6.10. The van der Waals surface area contributed by atoms with Gasteiger partial charge in [-0.1, -0.05) is 5.16 Å². The molecule has 0 spiro atoms. The minimum Gasteiger partial charge on any atom is -0.460 e. The minimum absolute atomic E-state index is 0.0149. The molecule has 3 rings (SSSR count). The SMILES string of the molecule is CCOC(=O)c1onc2cc(-c3ccc([N+](=O)[O-])cc3C(F)(F)F)c([N+](=O)[O-])cc12.O=[N+]([O-])O. The number of rotatable bonds is 5. The van der Waals surface area contributed by atoms with E-state index in [4.69, 9.17) is 24.6 Å². The molecular formula is C17H11F3N4O10. The maximum absolute atomic E-state index is 13.5. The van der Waals surface area contributed by atoms with Crippen LogP contribution < -0.4 is 0 Å². The van der Waals surface area contributed by atoms with Crippen LogP contribution in [0.1, 0.15) is 23.0 Å². The van der Waals surface area contributed by atoms with Crippen LogP contribution in [0.15, 0.2) is 34.9 Å². The summed E-state index contributed by atoms with van der Waals surface area (Å²) in [7, 11) is 0. The summed E-state index contributed by atoms with van der Waals surface area (Å²) in [6, 6.07) is 3.63. The van der Waals surface area contributed by atoms with Gasteiger partial charge in [0.05, 0.1) is 33.0 Å². The van der Waals surface area contributed by atoms with Gasteiger partial charge in [-0.2, -0.15) is 13.2 Å². The number of hydrogen-bond donors (Lipinski definition) is 1. The number of benzene rings is 2. The number of carbonyl (C=O) groups excluding carboxylic acids is 1. The number of aromatic nitrogens is 1. The van der Waals surface area contributed by atoms with Gasteiger partial charge in [0.15, 0.2) is 0 Å². The third-order valence-electron chi connectivity index (χ3n) is 4.06. The topological polar surface area (TPSA) is 202 Å². The number of nitrogens with zero attached hydrogens (tertiary/aromatic N) is 4. The van der Waals surface area contributed by atoms with Gasteiger partial charge in [-0.3, -0.25) is 20.2 Å². The van der Waals surface area contributed by atoms with E-state index in [9.17, 15) is 38.2 Å². The molecule has 17 heteroatoms. The predicted octanol–water partition coefficient (Wildman–Crippen LogP) is 4.16. The summed E-state index contributed by atoms with van der Waals surface area (Å²) in [5, 5.41) is 39.5. The van der Waals surface area contributed by atoms with E-state index in [0.717, 1.165) is 24.3 Å². The molecule has 0 amide bonds. The minimum atomic E-state index is -5.04. The van der Waals surface area contributed by atoms with E-state index in [-0.39, 0.29) is 23.6 Å². The molecule has 3 aromatic rings. The number of esters is 1. The summed E-state index contributed by atoms with van der Waals surface area (Å²) in [5.74, 6) is -1.39. The Morgan fingerprint density at radius 1 is 1.09 bits per heavy atom. The first kappa shape index (κ1) is 25.4. The molecule has 0 aliphatic rings. The Hall–Kier alpha value is -4.83. The van der Waals surface area contributed by atoms with Gasteiger partial charge in [0.1, 0.15) is 5.52 Å². The zero-order chi connectivity index (χ0) is 25.8. The molecule has 0 aliphatic carbocycles. The third-order valence-corrected chi connectivity index (χ3v) is 4.06. The fraction of sp³-hybridized carbons (Fsp3) is 0.176. The number of carbonyl (C=O) groups is 1.